The first-order valence-electron chi connectivity index (χ1n) is 12.7. The molecule has 0 bridgehead atoms. The number of phenolic OH excluding ortho intramolecular Hbond substituents is 1. The number of benzene rings is 2. The summed E-state index contributed by atoms with van der Waals surface area (Å²) >= 11 is 0. The van der Waals surface area contributed by atoms with Gasteiger partial charge in [-0.2, -0.15) is 0 Å². The first-order chi connectivity index (χ1) is 18.9. The molecule has 3 aromatic rings. The van der Waals surface area contributed by atoms with Gasteiger partial charge < -0.3 is 30.7 Å². The highest BCUT2D eigenvalue weighted by molar-refractivity contribution is 5.99. The second kappa shape index (κ2) is 12.1. The van der Waals surface area contributed by atoms with Crippen LogP contribution in [0.4, 0.5) is 17.1 Å². The summed E-state index contributed by atoms with van der Waals surface area (Å²) in [6, 6.07) is 14.0. The van der Waals surface area contributed by atoms with Gasteiger partial charge in [0.1, 0.15) is 11.4 Å². The lowest BCUT2D eigenvalue weighted by Crippen LogP contribution is -2.50. The van der Waals surface area contributed by atoms with Crippen molar-refractivity contribution >= 4 is 28.8 Å². The van der Waals surface area contributed by atoms with Crippen molar-refractivity contribution in [3.8, 4) is 5.75 Å². The van der Waals surface area contributed by atoms with E-state index in [1.54, 1.807) is 29.2 Å². The molecule has 0 radical (unpaired) electrons. The molecule has 0 unspecified atom stereocenters. The van der Waals surface area contributed by atoms with Gasteiger partial charge in [-0.1, -0.05) is 67.2 Å². The molecule has 0 aromatic heterocycles. The van der Waals surface area contributed by atoms with E-state index in [2.05, 4.69) is 22.4 Å². The maximum absolute atomic E-state index is 13.2. The Labute approximate surface area is 225 Å². The Bertz CT molecular complexity index is 1470. The third-order valence-electron chi connectivity index (χ3n) is 6.74. The zero-order chi connectivity index (χ0) is 27.9. The highest BCUT2D eigenvalue weighted by Crippen LogP contribution is 2.33. The molecule has 1 aliphatic rings. The Balaban J connectivity index is 1.49. The van der Waals surface area contributed by atoms with E-state index in [0.29, 0.717) is 38.4 Å². The number of hydrogen-bond donors (Lipinski definition) is 4. The summed E-state index contributed by atoms with van der Waals surface area (Å²) in [5.74, 6) is -0.324. The molecule has 1 atom stereocenters. The fourth-order valence-corrected chi connectivity index (χ4v) is 4.55. The van der Waals surface area contributed by atoms with Crippen molar-refractivity contribution in [2.75, 3.05) is 36.8 Å². The van der Waals surface area contributed by atoms with Gasteiger partial charge in [0.15, 0.2) is 11.6 Å². The number of nitrogens with one attached hydrogen (secondary N) is 2. The van der Waals surface area contributed by atoms with Crippen molar-refractivity contribution in [3.05, 3.63) is 105 Å². The molecule has 0 spiro atoms. The standard InChI is InChI=1S/C29H31N5O5/c1-3-5-14-23(32-39)33-15-17-34(18-16-33)29(38)20-12-9-13-22(26(20)35)31-25-24(27(36)28(25)37)30-21(4-2)19-10-7-6-8-11-19/h3,5-14,21,30-31,35,39H,1,4,15-18H2,2H3/b14-5-,32-23?/t21-/m1/s1. The first-order valence-corrected chi connectivity index (χ1v) is 12.7. The first kappa shape index (κ1) is 27.2. The van der Waals surface area contributed by atoms with Crippen LogP contribution in [0.5, 0.6) is 5.75 Å². The van der Waals surface area contributed by atoms with Gasteiger partial charge in [-0.25, -0.2) is 0 Å². The van der Waals surface area contributed by atoms with Crippen LogP contribution in [0.15, 0.2) is 88.1 Å². The maximum atomic E-state index is 13.2. The maximum Gasteiger partial charge on any atom is 0.257 e. The van der Waals surface area contributed by atoms with Crippen LogP contribution >= 0.6 is 0 Å². The minimum Gasteiger partial charge on any atom is -0.505 e. The fourth-order valence-electron chi connectivity index (χ4n) is 4.55. The van der Waals surface area contributed by atoms with Crippen molar-refractivity contribution in [1.82, 2.24) is 9.80 Å². The van der Waals surface area contributed by atoms with Crippen LogP contribution in [-0.2, 0) is 0 Å². The van der Waals surface area contributed by atoms with Crippen LogP contribution in [0.1, 0.15) is 35.3 Å². The molecule has 4 rings (SSSR count). The van der Waals surface area contributed by atoms with E-state index in [-0.39, 0.29) is 40.3 Å². The predicted octanol–water partition coefficient (Wildman–Crippen LogP) is 3.58. The molecule has 1 aliphatic heterocycles. The Morgan fingerprint density at radius 1 is 1.03 bits per heavy atom. The molecule has 4 N–H and O–H groups in total. The number of oxime groups is 1. The molecule has 1 fully saturated rings. The van der Waals surface area contributed by atoms with E-state index in [1.807, 2.05) is 42.2 Å². The SMILES string of the molecule is C=C/C=C\C(=NO)N1CCN(C(=O)c2cccc(Nc3c(N[C@H](CC)c4ccccc4)c(=O)c3=O)c2O)CC1. The number of nitrogens with zero attached hydrogens (tertiary/aromatic N) is 3. The van der Waals surface area contributed by atoms with Crippen molar-refractivity contribution in [3.63, 3.8) is 0 Å². The van der Waals surface area contributed by atoms with Gasteiger partial charge in [0.05, 0.1) is 17.3 Å². The van der Waals surface area contributed by atoms with Crippen LogP contribution < -0.4 is 21.5 Å². The highest BCUT2D eigenvalue weighted by Gasteiger charge is 2.28. The molecule has 1 saturated heterocycles. The van der Waals surface area contributed by atoms with Crippen LogP contribution in [0.2, 0.25) is 0 Å². The minimum atomic E-state index is -0.695. The van der Waals surface area contributed by atoms with Crippen molar-refractivity contribution in [2.45, 2.75) is 19.4 Å². The number of amidine groups is 1. The number of hydrogen-bond acceptors (Lipinski definition) is 8. The Kier molecular flexibility index (Phi) is 8.45. The molecule has 1 amide bonds. The van der Waals surface area contributed by atoms with Gasteiger partial charge in [-0.3, -0.25) is 14.4 Å². The molecule has 3 aromatic carbocycles. The number of carbonyl (C=O) groups is 1. The largest absolute Gasteiger partial charge is 0.505 e. The number of phenols is 1. The van der Waals surface area contributed by atoms with Gasteiger partial charge in [-0.05, 0) is 30.2 Å². The van der Waals surface area contributed by atoms with Gasteiger partial charge >= 0.3 is 0 Å². The summed E-state index contributed by atoms with van der Waals surface area (Å²) in [6.45, 7) is 7.14. The second-order valence-electron chi connectivity index (χ2n) is 9.08. The zero-order valence-electron chi connectivity index (χ0n) is 21.6. The summed E-state index contributed by atoms with van der Waals surface area (Å²) in [5, 5.41) is 29.5. The van der Waals surface area contributed by atoms with E-state index in [0.717, 1.165) is 5.56 Å². The molecular formula is C29H31N5O5. The lowest BCUT2D eigenvalue weighted by Gasteiger charge is -2.35. The fraction of sp³-hybridized carbons (Fsp3) is 0.241. The molecule has 202 valence electrons. The van der Waals surface area contributed by atoms with Crippen LogP contribution in [-0.4, -0.2) is 58.0 Å². The highest BCUT2D eigenvalue weighted by atomic mass is 16.4. The van der Waals surface area contributed by atoms with Crippen molar-refractivity contribution < 1.29 is 15.1 Å². The summed E-state index contributed by atoms with van der Waals surface area (Å²) in [4.78, 5) is 41.5. The van der Waals surface area contributed by atoms with Crippen LogP contribution in [0, 0.1) is 0 Å². The van der Waals surface area contributed by atoms with Gasteiger partial charge in [-0.15, -0.1) is 0 Å². The quantitative estimate of drug-likeness (QED) is 0.0629. The van der Waals surface area contributed by atoms with Gasteiger partial charge in [0.2, 0.25) is 0 Å². The molecule has 1 heterocycles. The Morgan fingerprint density at radius 2 is 1.69 bits per heavy atom. The molecular weight excluding hydrogens is 498 g/mol. The summed E-state index contributed by atoms with van der Waals surface area (Å²) in [7, 11) is 0. The Morgan fingerprint density at radius 3 is 2.33 bits per heavy atom. The lowest BCUT2D eigenvalue weighted by molar-refractivity contribution is 0.0687. The monoisotopic (exact) mass is 529 g/mol. The zero-order valence-corrected chi connectivity index (χ0v) is 21.6. The Hall–Kier alpha value is -4.86. The van der Waals surface area contributed by atoms with Gasteiger partial charge in [0.25, 0.3) is 16.8 Å². The number of anilines is 3. The normalized spacial score (nSPS) is 14.9. The number of allylic oxidation sites excluding steroid dienone is 2. The van der Waals surface area contributed by atoms with Crippen molar-refractivity contribution in [1.29, 1.82) is 0 Å². The van der Waals surface area contributed by atoms with E-state index < -0.39 is 10.9 Å². The van der Waals surface area contributed by atoms with E-state index in [9.17, 15) is 24.7 Å². The molecule has 39 heavy (non-hydrogen) atoms. The number of piperazine rings is 1. The van der Waals surface area contributed by atoms with E-state index in [1.165, 1.54) is 12.1 Å². The number of carbonyl (C=O) groups excluding carboxylic acids is 1. The topological polar surface area (TPSA) is 135 Å². The number of para-hydroxylation sites is 1. The van der Waals surface area contributed by atoms with Crippen LogP contribution in [0.3, 0.4) is 0 Å². The third kappa shape index (κ3) is 5.69. The molecule has 10 nitrogen and oxygen atoms in total. The molecule has 10 heteroatoms. The smallest absolute Gasteiger partial charge is 0.257 e. The summed E-state index contributed by atoms with van der Waals surface area (Å²) in [5.41, 5.74) is 0.0566. The second-order valence-corrected chi connectivity index (χ2v) is 9.08. The summed E-state index contributed by atoms with van der Waals surface area (Å²) in [6.07, 6.45) is 5.53. The number of rotatable bonds is 9. The predicted molar refractivity (Wildman–Crippen MR) is 152 cm³/mol. The summed E-state index contributed by atoms with van der Waals surface area (Å²) < 4.78 is 0. The van der Waals surface area contributed by atoms with Gasteiger partial charge in [0, 0.05) is 26.2 Å². The average molecular weight is 530 g/mol. The average Bonchev–Trinajstić information content (AvgIpc) is 2.98. The number of aromatic hydroxyl groups is 1. The van der Waals surface area contributed by atoms with Crippen molar-refractivity contribution in [2.24, 2.45) is 5.16 Å². The third-order valence-corrected chi connectivity index (χ3v) is 6.74. The van der Waals surface area contributed by atoms with Crippen LogP contribution in [0.25, 0.3) is 0 Å². The lowest BCUT2D eigenvalue weighted by atomic mass is 10.0. The number of amides is 1. The molecule has 0 saturated carbocycles. The molecule has 0 aliphatic carbocycles. The van der Waals surface area contributed by atoms with E-state index >= 15 is 0 Å². The minimum absolute atomic E-state index is 0.0475. The van der Waals surface area contributed by atoms with E-state index in [4.69, 9.17) is 0 Å².